The first-order chi connectivity index (χ1) is 34.2. The summed E-state index contributed by atoms with van der Waals surface area (Å²) < 4.78 is 2.44. The second-order valence-corrected chi connectivity index (χ2v) is 17.1. The largest absolute Gasteiger partial charge is 0.310 e. The van der Waals surface area contributed by atoms with Crippen molar-refractivity contribution in [1.82, 2.24) is 14.5 Å². The van der Waals surface area contributed by atoms with Crippen LogP contribution in [0.2, 0.25) is 0 Å². The molecule has 0 spiro atoms. The number of hydrogen-bond donors (Lipinski definition) is 0. The van der Waals surface area contributed by atoms with E-state index in [1.165, 1.54) is 0 Å². The van der Waals surface area contributed by atoms with Crippen LogP contribution in [0.25, 0.3) is 72.3 Å². The highest BCUT2D eigenvalue weighted by Crippen LogP contribution is 2.44. The molecule has 0 saturated carbocycles. The van der Waals surface area contributed by atoms with E-state index in [0.29, 0.717) is 0 Å². The Morgan fingerprint density at radius 3 is 0.957 bits per heavy atom. The molecular weight excluding hydrogens is 839 g/mol. The van der Waals surface area contributed by atoms with Crippen LogP contribution in [0.15, 0.2) is 273 Å². The van der Waals surface area contributed by atoms with Crippen LogP contribution in [-0.4, -0.2) is 14.5 Å². The molecular formula is C64H45N5. The Morgan fingerprint density at radius 2 is 0.609 bits per heavy atom. The van der Waals surface area contributed by atoms with E-state index in [-0.39, 0.29) is 0 Å². The normalized spacial score (nSPS) is 11.2. The number of rotatable bonds is 11. The molecule has 69 heavy (non-hydrogen) atoms. The Morgan fingerprint density at radius 1 is 0.261 bits per heavy atom. The highest BCUT2D eigenvalue weighted by atomic mass is 15.1. The molecule has 0 aliphatic rings. The second-order valence-electron chi connectivity index (χ2n) is 17.1. The van der Waals surface area contributed by atoms with Gasteiger partial charge in [0.25, 0.3) is 0 Å². The molecule has 0 N–H and O–H groups in total. The van der Waals surface area contributed by atoms with Gasteiger partial charge >= 0.3 is 0 Å². The van der Waals surface area contributed by atoms with Crippen LogP contribution in [0.5, 0.6) is 0 Å². The molecule has 0 radical (unpaired) electrons. The predicted octanol–water partition coefficient (Wildman–Crippen LogP) is 17.2. The molecule has 5 nitrogen and oxygen atoms in total. The van der Waals surface area contributed by atoms with Gasteiger partial charge in [-0.25, -0.2) is 0 Å². The summed E-state index contributed by atoms with van der Waals surface area (Å²) in [5.74, 6) is 0. The lowest BCUT2D eigenvalue weighted by atomic mass is 9.96. The Hall–Kier alpha value is -9.32. The predicted molar refractivity (Wildman–Crippen MR) is 287 cm³/mol. The fourth-order valence-corrected chi connectivity index (χ4v) is 9.57. The number of benzene rings is 9. The van der Waals surface area contributed by atoms with Gasteiger partial charge in [-0.15, -0.1) is 0 Å². The summed E-state index contributed by atoms with van der Waals surface area (Å²) in [6.07, 6.45) is 3.69. The number of aromatic nitrogens is 3. The molecule has 0 aliphatic carbocycles. The molecule has 0 bridgehead atoms. The smallest absolute Gasteiger partial charge is 0.0701 e. The van der Waals surface area contributed by atoms with E-state index in [9.17, 15) is 0 Å². The molecule has 3 aromatic heterocycles. The number of para-hydroxylation sites is 4. The Kier molecular flexibility index (Phi) is 10.8. The van der Waals surface area contributed by atoms with Crippen molar-refractivity contribution in [3.8, 4) is 50.5 Å². The summed E-state index contributed by atoms with van der Waals surface area (Å²) >= 11 is 0. The van der Waals surface area contributed by atoms with Crippen molar-refractivity contribution in [2.24, 2.45) is 0 Å². The molecule has 9 aromatic carbocycles. The van der Waals surface area contributed by atoms with E-state index in [1.54, 1.807) is 0 Å². The van der Waals surface area contributed by atoms with Crippen molar-refractivity contribution in [3.63, 3.8) is 0 Å². The maximum Gasteiger partial charge on any atom is 0.0701 e. The molecule has 0 saturated heterocycles. The van der Waals surface area contributed by atoms with E-state index in [2.05, 4.69) is 261 Å². The third kappa shape index (κ3) is 8.09. The van der Waals surface area contributed by atoms with Crippen molar-refractivity contribution >= 4 is 55.9 Å². The van der Waals surface area contributed by atoms with Gasteiger partial charge in [0, 0.05) is 74.1 Å². The zero-order valence-corrected chi connectivity index (χ0v) is 37.7. The SMILES string of the molecule is c1ccc(N(c2ccccc2)c2ccc3c(c2)c2cc(N(c4ccccc4)c4ccccc4)ccc2n3-c2cc(-c3ccc(-c4ccccn4)cc3)cc(-c3ccc(-c4ccccn4)cc3)c2)cc1. The second kappa shape index (κ2) is 18.2. The fraction of sp³-hybridized carbons (Fsp3) is 0. The standard InChI is InChI=1S/C64H45N5/c1-5-17-52(18-6-1)67(53-19-7-2-8-20-53)56-35-37-63-59(44-56)60-45-57(68(54-21-9-3-10-22-54)55-23-11-4-12-24-55)36-38-64(60)69(63)58-42-50(46-27-31-48(32-28-46)61-25-13-15-39-65-61)41-51(43-58)47-29-33-49(34-30-47)62-26-14-16-40-66-62/h1-45H. The van der Waals surface area contributed by atoms with Crippen LogP contribution >= 0.6 is 0 Å². The van der Waals surface area contributed by atoms with E-state index < -0.39 is 0 Å². The van der Waals surface area contributed by atoms with Crippen LogP contribution in [0.3, 0.4) is 0 Å². The molecule has 0 atom stereocenters. The lowest BCUT2D eigenvalue weighted by Crippen LogP contribution is -2.09. The first-order valence-electron chi connectivity index (χ1n) is 23.3. The van der Waals surface area contributed by atoms with Crippen molar-refractivity contribution in [2.75, 3.05) is 9.80 Å². The lowest BCUT2D eigenvalue weighted by molar-refractivity contribution is 1.18. The van der Waals surface area contributed by atoms with Crippen LogP contribution in [0.1, 0.15) is 0 Å². The van der Waals surface area contributed by atoms with Crippen molar-refractivity contribution < 1.29 is 0 Å². The maximum atomic E-state index is 4.63. The van der Waals surface area contributed by atoms with Gasteiger partial charge in [-0.1, -0.05) is 133 Å². The zero-order chi connectivity index (χ0) is 45.9. The van der Waals surface area contributed by atoms with Crippen molar-refractivity contribution in [1.29, 1.82) is 0 Å². The third-order valence-corrected chi connectivity index (χ3v) is 12.8. The molecule has 3 heterocycles. The Labute approximate surface area is 402 Å². The van der Waals surface area contributed by atoms with Gasteiger partial charge in [-0.2, -0.15) is 0 Å². The number of nitrogens with zero attached hydrogens (tertiary/aromatic N) is 5. The molecule has 326 valence electrons. The number of anilines is 6. The molecule has 12 aromatic rings. The van der Waals surface area contributed by atoms with Gasteiger partial charge in [0.2, 0.25) is 0 Å². The van der Waals surface area contributed by atoms with Crippen LogP contribution in [-0.2, 0) is 0 Å². The van der Waals surface area contributed by atoms with Gasteiger partial charge in [0.1, 0.15) is 0 Å². The Balaban J connectivity index is 1.09. The summed E-state index contributed by atoms with van der Waals surface area (Å²) in [5, 5.41) is 2.29. The summed E-state index contributed by atoms with van der Waals surface area (Å²) in [6.45, 7) is 0. The minimum atomic E-state index is 0.951. The summed E-state index contributed by atoms with van der Waals surface area (Å²) in [4.78, 5) is 13.9. The van der Waals surface area contributed by atoms with E-state index in [0.717, 1.165) is 106 Å². The minimum absolute atomic E-state index is 0.951. The quantitative estimate of drug-likeness (QED) is 0.130. The van der Waals surface area contributed by atoms with Crippen LogP contribution < -0.4 is 9.80 Å². The highest BCUT2D eigenvalue weighted by Gasteiger charge is 2.21. The molecule has 0 amide bonds. The summed E-state index contributed by atoms with van der Waals surface area (Å²) in [5.41, 5.74) is 18.3. The molecule has 0 aliphatic heterocycles. The first-order valence-corrected chi connectivity index (χ1v) is 23.3. The van der Waals surface area contributed by atoms with Gasteiger partial charge in [0.05, 0.1) is 22.4 Å². The number of hydrogen-bond acceptors (Lipinski definition) is 4. The van der Waals surface area contributed by atoms with E-state index in [1.807, 2.05) is 36.7 Å². The molecule has 0 fully saturated rings. The van der Waals surface area contributed by atoms with Gasteiger partial charge in [-0.05, 0) is 150 Å². The lowest BCUT2D eigenvalue weighted by Gasteiger charge is -2.26. The first kappa shape index (κ1) is 41.1. The summed E-state index contributed by atoms with van der Waals surface area (Å²) in [6, 6.07) is 93.0. The Bertz CT molecular complexity index is 3350. The topological polar surface area (TPSA) is 37.2 Å². The monoisotopic (exact) mass is 883 g/mol. The highest BCUT2D eigenvalue weighted by molar-refractivity contribution is 6.12. The zero-order valence-electron chi connectivity index (χ0n) is 37.7. The average Bonchev–Trinajstić information content (AvgIpc) is 3.76. The molecule has 0 unspecified atom stereocenters. The van der Waals surface area contributed by atoms with Gasteiger partial charge in [-0.3, -0.25) is 9.97 Å². The van der Waals surface area contributed by atoms with Gasteiger partial charge in [0.15, 0.2) is 0 Å². The van der Waals surface area contributed by atoms with Crippen molar-refractivity contribution in [2.45, 2.75) is 0 Å². The fourth-order valence-electron chi connectivity index (χ4n) is 9.57. The van der Waals surface area contributed by atoms with Crippen LogP contribution in [0.4, 0.5) is 34.1 Å². The van der Waals surface area contributed by atoms with Crippen molar-refractivity contribution in [3.05, 3.63) is 273 Å². The molecule has 5 heteroatoms. The summed E-state index contributed by atoms with van der Waals surface area (Å²) in [7, 11) is 0. The van der Waals surface area contributed by atoms with E-state index >= 15 is 0 Å². The molecule has 12 rings (SSSR count). The number of pyridine rings is 2. The maximum absolute atomic E-state index is 4.63. The van der Waals surface area contributed by atoms with Crippen LogP contribution in [0, 0.1) is 0 Å². The average molecular weight is 884 g/mol. The third-order valence-electron chi connectivity index (χ3n) is 12.8. The van der Waals surface area contributed by atoms with Gasteiger partial charge < -0.3 is 14.4 Å². The number of fused-ring (bicyclic) bond motifs is 3. The minimum Gasteiger partial charge on any atom is -0.310 e. The van der Waals surface area contributed by atoms with E-state index in [4.69, 9.17) is 0 Å².